The molecule has 2 aromatic carbocycles. The summed E-state index contributed by atoms with van der Waals surface area (Å²) in [7, 11) is 0. The minimum Gasteiger partial charge on any atom is -0.310 e. The van der Waals surface area contributed by atoms with E-state index < -0.39 is 0 Å². The average molecular weight is 413 g/mol. The second-order valence-corrected chi connectivity index (χ2v) is 7.91. The Balaban J connectivity index is 1.77. The fraction of sp³-hybridized carbons (Fsp3) is 0.250. The lowest BCUT2D eigenvalue weighted by molar-refractivity contribution is 0.680. The van der Waals surface area contributed by atoms with Crippen LogP contribution in [0.2, 0.25) is 0 Å². The van der Waals surface area contributed by atoms with Crippen LogP contribution in [-0.2, 0) is 6.54 Å². The lowest BCUT2D eigenvalue weighted by atomic mass is 10.2. The van der Waals surface area contributed by atoms with Crippen LogP contribution >= 0.6 is 43.6 Å². The van der Waals surface area contributed by atoms with Crippen molar-refractivity contribution < 1.29 is 0 Å². The summed E-state index contributed by atoms with van der Waals surface area (Å²) >= 11 is 8.87. The molecule has 104 valence electrons. The van der Waals surface area contributed by atoms with Gasteiger partial charge in [0.15, 0.2) is 0 Å². The van der Waals surface area contributed by atoms with Crippen molar-refractivity contribution in [1.29, 1.82) is 0 Å². The van der Waals surface area contributed by atoms with Gasteiger partial charge in [-0.1, -0.05) is 43.6 Å². The van der Waals surface area contributed by atoms with Crippen molar-refractivity contribution >= 4 is 43.6 Å². The summed E-state index contributed by atoms with van der Waals surface area (Å²) in [5.41, 5.74) is 1.36. The summed E-state index contributed by atoms with van der Waals surface area (Å²) in [6.07, 6.45) is 2.65. The molecule has 2 aromatic rings. The number of hydrogen-bond acceptors (Lipinski definition) is 2. The van der Waals surface area contributed by atoms with Gasteiger partial charge in [-0.05, 0) is 60.9 Å². The first kappa shape index (κ1) is 14.6. The molecule has 0 heterocycles. The zero-order valence-corrected chi connectivity index (χ0v) is 14.9. The van der Waals surface area contributed by atoms with Gasteiger partial charge in [-0.25, -0.2) is 0 Å². The molecular formula is C16H15Br2NS. The molecule has 4 heteroatoms. The lowest BCUT2D eigenvalue weighted by Crippen LogP contribution is -2.15. The number of benzene rings is 2. The van der Waals surface area contributed by atoms with E-state index in [-0.39, 0.29) is 0 Å². The fourth-order valence-electron chi connectivity index (χ4n) is 1.96. The normalized spacial score (nSPS) is 14.5. The molecule has 1 saturated carbocycles. The Morgan fingerprint density at radius 2 is 1.70 bits per heavy atom. The van der Waals surface area contributed by atoms with Gasteiger partial charge in [0.2, 0.25) is 0 Å². The van der Waals surface area contributed by atoms with E-state index >= 15 is 0 Å². The Hall–Kier alpha value is -0.290. The van der Waals surface area contributed by atoms with Crippen LogP contribution in [0.15, 0.2) is 61.2 Å². The van der Waals surface area contributed by atoms with Crippen molar-refractivity contribution in [3.05, 3.63) is 57.0 Å². The number of halogens is 2. The molecule has 1 aliphatic rings. The SMILES string of the molecule is Brc1ccc(Sc2ccc(Br)cc2CNC2CC2)cc1. The third kappa shape index (κ3) is 4.10. The van der Waals surface area contributed by atoms with E-state index in [9.17, 15) is 0 Å². The zero-order chi connectivity index (χ0) is 13.9. The van der Waals surface area contributed by atoms with Crippen molar-refractivity contribution in [2.75, 3.05) is 0 Å². The number of rotatable bonds is 5. The van der Waals surface area contributed by atoms with Crippen molar-refractivity contribution in [3.63, 3.8) is 0 Å². The molecule has 3 rings (SSSR count). The van der Waals surface area contributed by atoms with Gasteiger partial charge in [0.1, 0.15) is 0 Å². The van der Waals surface area contributed by atoms with Crippen LogP contribution < -0.4 is 5.32 Å². The summed E-state index contributed by atoms with van der Waals surface area (Å²) in [5, 5.41) is 3.59. The summed E-state index contributed by atoms with van der Waals surface area (Å²) in [6, 6.07) is 15.7. The first-order valence-corrected chi connectivity index (χ1v) is 9.06. The van der Waals surface area contributed by atoms with E-state index in [1.54, 1.807) is 0 Å². The highest BCUT2D eigenvalue weighted by Crippen LogP contribution is 2.33. The molecule has 0 bridgehead atoms. The van der Waals surface area contributed by atoms with E-state index in [1.165, 1.54) is 28.2 Å². The largest absolute Gasteiger partial charge is 0.310 e. The molecule has 20 heavy (non-hydrogen) atoms. The van der Waals surface area contributed by atoms with E-state index in [0.717, 1.165) is 21.5 Å². The van der Waals surface area contributed by atoms with Crippen molar-refractivity contribution in [3.8, 4) is 0 Å². The molecule has 1 nitrogen and oxygen atoms in total. The van der Waals surface area contributed by atoms with Gasteiger partial charge in [0.05, 0.1) is 0 Å². The molecular weight excluding hydrogens is 398 g/mol. The maximum Gasteiger partial charge on any atom is 0.0219 e. The van der Waals surface area contributed by atoms with E-state index in [1.807, 2.05) is 11.8 Å². The minimum absolute atomic E-state index is 0.736. The van der Waals surface area contributed by atoms with Crippen molar-refractivity contribution in [2.45, 2.75) is 35.2 Å². The van der Waals surface area contributed by atoms with Crippen LogP contribution in [0.5, 0.6) is 0 Å². The standard InChI is InChI=1S/C16H15Br2NS/c17-12-1-6-15(7-2-12)20-16-8-3-13(18)9-11(16)10-19-14-4-5-14/h1-3,6-9,14,19H,4-5,10H2. The van der Waals surface area contributed by atoms with Gasteiger partial charge < -0.3 is 5.32 Å². The Morgan fingerprint density at radius 3 is 2.40 bits per heavy atom. The number of hydrogen-bond donors (Lipinski definition) is 1. The van der Waals surface area contributed by atoms with Gasteiger partial charge in [-0.3, -0.25) is 0 Å². The lowest BCUT2D eigenvalue weighted by Gasteiger charge is -2.11. The molecule has 0 radical (unpaired) electrons. The fourth-order valence-corrected chi connectivity index (χ4v) is 3.55. The molecule has 1 aliphatic carbocycles. The van der Waals surface area contributed by atoms with Crippen molar-refractivity contribution in [1.82, 2.24) is 5.32 Å². The second kappa shape index (κ2) is 6.65. The molecule has 0 unspecified atom stereocenters. The van der Waals surface area contributed by atoms with E-state index in [0.29, 0.717) is 0 Å². The van der Waals surface area contributed by atoms with Crippen LogP contribution in [0.4, 0.5) is 0 Å². The Morgan fingerprint density at radius 1 is 1.00 bits per heavy atom. The van der Waals surface area contributed by atoms with Gasteiger partial charge in [-0.15, -0.1) is 0 Å². The summed E-state index contributed by atoms with van der Waals surface area (Å²) in [5.74, 6) is 0. The van der Waals surface area contributed by atoms with Crippen LogP contribution in [0, 0.1) is 0 Å². The summed E-state index contributed by atoms with van der Waals surface area (Å²) < 4.78 is 2.26. The Bertz CT molecular complexity index is 594. The molecule has 1 fully saturated rings. The Labute approximate surface area is 140 Å². The molecule has 0 atom stereocenters. The highest BCUT2D eigenvalue weighted by molar-refractivity contribution is 9.10. The second-order valence-electron chi connectivity index (χ2n) is 4.96. The molecule has 0 saturated heterocycles. The van der Waals surface area contributed by atoms with Crippen molar-refractivity contribution in [2.24, 2.45) is 0 Å². The highest BCUT2D eigenvalue weighted by Gasteiger charge is 2.20. The van der Waals surface area contributed by atoms with E-state index in [4.69, 9.17) is 0 Å². The van der Waals surface area contributed by atoms with Gasteiger partial charge in [0.25, 0.3) is 0 Å². The molecule has 0 amide bonds. The predicted octanol–water partition coefficient (Wildman–Crippen LogP) is 5.61. The molecule has 1 N–H and O–H groups in total. The van der Waals surface area contributed by atoms with Gasteiger partial charge in [0, 0.05) is 31.3 Å². The Kier molecular flexibility index (Phi) is 4.87. The number of nitrogens with one attached hydrogen (secondary N) is 1. The van der Waals surface area contributed by atoms with Crippen LogP contribution in [0.1, 0.15) is 18.4 Å². The van der Waals surface area contributed by atoms with Gasteiger partial charge >= 0.3 is 0 Å². The smallest absolute Gasteiger partial charge is 0.0219 e. The maximum atomic E-state index is 3.59. The maximum absolute atomic E-state index is 3.59. The first-order chi connectivity index (χ1) is 9.70. The third-order valence-corrected chi connectivity index (χ3v) is 5.37. The average Bonchev–Trinajstić information content (AvgIpc) is 3.25. The first-order valence-electron chi connectivity index (χ1n) is 6.66. The van der Waals surface area contributed by atoms with Gasteiger partial charge in [-0.2, -0.15) is 0 Å². The topological polar surface area (TPSA) is 12.0 Å². The van der Waals surface area contributed by atoms with Crippen LogP contribution in [0.25, 0.3) is 0 Å². The predicted molar refractivity (Wildman–Crippen MR) is 92.3 cm³/mol. The summed E-state index contributed by atoms with van der Waals surface area (Å²) in [4.78, 5) is 2.59. The summed E-state index contributed by atoms with van der Waals surface area (Å²) in [6.45, 7) is 0.947. The third-order valence-electron chi connectivity index (χ3n) is 3.22. The quantitative estimate of drug-likeness (QED) is 0.684. The van der Waals surface area contributed by atoms with Crippen LogP contribution in [-0.4, -0.2) is 6.04 Å². The molecule has 0 aliphatic heterocycles. The highest BCUT2D eigenvalue weighted by atomic mass is 79.9. The minimum atomic E-state index is 0.736. The molecule has 0 spiro atoms. The monoisotopic (exact) mass is 411 g/mol. The van der Waals surface area contributed by atoms with E-state index in [2.05, 4.69) is 79.6 Å². The molecule has 0 aromatic heterocycles. The zero-order valence-electron chi connectivity index (χ0n) is 10.9. The van der Waals surface area contributed by atoms with Crippen LogP contribution in [0.3, 0.4) is 0 Å².